The molecule has 6 heteroatoms. The number of amides is 1. The summed E-state index contributed by atoms with van der Waals surface area (Å²) in [5.41, 5.74) is 8.10. The molecule has 0 spiro atoms. The summed E-state index contributed by atoms with van der Waals surface area (Å²) in [6.45, 7) is 0.397. The molecule has 0 unspecified atom stereocenters. The largest absolute Gasteiger partial charge is 0.398 e. The summed E-state index contributed by atoms with van der Waals surface area (Å²) in [7, 11) is 1.58. The van der Waals surface area contributed by atoms with Gasteiger partial charge in [0.2, 0.25) is 0 Å². The van der Waals surface area contributed by atoms with Crippen molar-refractivity contribution in [2.45, 2.75) is 6.61 Å². The first-order valence-corrected chi connectivity index (χ1v) is 6.90. The van der Waals surface area contributed by atoms with E-state index in [2.05, 4.69) is 5.32 Å². The van der Waals surface area contributed by atoms with Crippen LogP contribution in [0.2, 0.25) is 10.0 Å². The number of hydrogen-bond acceptors (Lipinski definition) is 3. The van der Waals surface area contributed by atoms with Gasteiger partial charge in [-0.3, -0.25) is 4.79 Å². The fourth-order valence-electron chi connectivity index (χ4n) is 1.81. The average molecular weight is 325 g/mol. The number of nitrogen functional groups attached to an aromatic ring is 1. The van der Waals surface area contributed by atoms with Gasteiger partial charge in [-0.15, -0.1) is 0 Å². The third kappa shape index (κ3) is 3.88. The first-order valence-electron chi connectivity index (χ1n) is 6.15. The normalized spacial score (nSPS) is 10.4. The van der Waals surface area contributed by atoms with Crippen molar-refractivity contribution in [2.75, 3.05) is 18.2 Å². The lowest BCUT2D eigenvalue weighted by atomic mass is 10.1. The third-order valence-electron chi connectivity index (χ3n) is 2.88. The molecule has 0 aliphatic rings. The summed E-state index contributed by atoms with van der Waals surface area (Å²) in [4.78, 5) is 12.2. The Morgan fingerprint density at radius 3 is 2.67 bits per heavy atom. The van der Waals surface area contributed by atoms with Crippen molar-refractivity contribution < 1.29 is 9.53 Å². The molecule has 0 aromatic heterocycles. The van der Waals surface area contributed by atoms with Crippen molar-refractivity contribution in [1.82, 2.24) is 0 Å². The predicted octanol–water partition coefficient (Wildman–Crippen LogP) is 3.97. The Balaban J connectivity index is 2.20. The number of nitrogens with two attached hydrogens (primary N) is 1. The lowest BCUT2D eigenvalue weighted by Crippen LogP contribution is -2.13. The Kier molecular flexibility index (Phi) is 5.07. The zero-order valence-corrected chi connectivity index (χ0v) is 12.8. The molecule has 0 saturated heterocycles. The molecule has 3 N–H and O–H groups in total. The van der Waals surface area contributed by atoms with E-state index in [0.717, 1.165) is 5.56 Å². The van der Waals surface area contributed by atoms with E-state index in [0.29, 0.717) is 33.6 Å². The van der Waals surface area contributed by atoms with Gasteiger partial charge >= 0.3 is 0 Å². The summed E-state index contributed by atoms with van der Waals surface area (Å²) >= 11 is 11.9. The molecule has 0 aliphatic heterocycles. The topological polar surface area (TPSA) is 64.3 Å². The quantitative estimate of drug-likeness (QED) is 0.836. The highest BCUT2D eigenvalue weighted by Crippen LogP contribution is 2.26. The van der Waals surface area contributed by atoms with Gasteiger partial charge in [-0.2, -0.15) is 0 Å². The van der Waals surface area contributed by atoms with Crippen molar-refractivity contribution >= 4 is 40.5 Å². The van der Waals surface area contributed by atoms with Gasteiger partial charge in [-0.1, -0.05) is 29.3 Å². The molecule has 0 aliphatic carbocycles. The fourth-order valence-corrected chi connectivity index (χ4v) is 2.15. The zero-order valence-electron chi connectivity index (χ0n) is 11.3. The number of methoxy groups -OCH3 is 1. The second kappa shape index (κ2) is 6.80. The molecule has 0 bridgehead atoms. The second-order valence-electron chi connectivity index (χ2n) is 4.42. The van der Waals surface area contributed by atoms with Crippen molar-refractivity contribution in [3.63, 3.8) is 0 Å². The number of benzene rings is 2. The number of rotatable bonds is 4. The molecule has 0 heterocycles. The predicted molar refractivity (Wildman–Crippen MR) is 86.0 cm³/mol. The summed E-state index contributed by atoms with van der Waals surface area (Å²) in [5, 5.41) is 3.61. The van der Waals surface area contributed by atoms with Crippen LogP contribution in [0.1, 0.15) is 15.9 Å². The van der Waals surface area contributed by atoms with Crippen molar-refractivity contribution in [1.29, 1.82) is 0 Å². The highest BCUT2D eigenvalue weighted by atomic mass is 35.5. The first kappa shape index (κ1) is 15.6. The van der Waals surface area contributed by atoms with E-state index < -0.39 is 0 Å². The summed E-state index contributed by atoms with van der Waals surface area (Å²) in [6.07, 6.45) is 0. The van der Waals surface area contributed by atoms with E-state index in [1.165, 1.54) is 0 Å². The Bertz CT molecular complexity index is 675. The maximum Gasteiger partial charge on any atom is 0.255 e. The lowest BCUT2D eigenvalue weighted by Gasteiger charge is -2.10. The molecular weight excluding hydrogens is 311 g/mol. The van der Waals surface area contributed by atoms with Crippen molar-refractivity contribution in [3.8, 4) is 0 Å². The minimum absolute atomic E-state index is 0.310. The Morgan fingerprint density at radius 2 is 2.00 bits per heavy atom. The average Bonchev–Trinajstić information content (AvgIpc) is 2.45. The van der Waals surface area contributed by atoms with Crippen LogP contribution in [0.4, 0.5) is 11.4 Å². The standard InChI is InChI=1S/C15H14Cl2N2O2/c1-21-8-10-3-2-9(6-13(10)18)15(20)19-14-7-11(16)4-5-12(14)17/h2-7H,8,18H2,1H3,(H,19,20). The minimum atomic E-state index is -0.310. The number of anilines is 2. The molecule has 0 radical (unpaired) electrons. The van der Waals surface area contributed by atoms with Crippen molar-refractivity contribution in [3.05, 3.63) is 57.6 Å². The van der Waals surface area contributed by atoms with Gasteiger partial charge in [0.15, 0.2) is 0 Å². The van der Waals surface area contributed by atoms with Crippen LogP contribution < -0.4 is 11.1 Å². The number of ether oxygens (including phenoxy) is 1. The van der Waals surface area contributed by atoms with Gasteiger partial charge in [-0.25, -0.2) is 0 Å². The monoisotopic (exact) mass is 324 g/mol. The molecule has 0 fully saturated rings. The maximum atomic E-state index is 12.2. The van der Waals surface area contributed by atoms with E-state index in [1.807, 2.05) is 0 Å². The summed E-state index contributed by atoms with van der Waals surface area (Å²) in [5.74, 6) is -0.310. The fraction of sp³-hybridized carbons (Fsp3) is 0.133. The van der Waals surface area contributed by atoms with E-state index in [-0.39, 0.29) is 5.91 Å². The molecular formula is C15H14Cl2N2O2. The Morgan fingerprint density at radius 1 is 1.24 bits per heavy atom. The van der Waals surface area contributed by atoms with Gasteiger partial charge in [-0.05, 0) is 30.3 Å². The van der Waals surface area contributed by atoms with Crippen LogP contribution in [0.5, 0.6) is 0 Å². The van der Waals surface area contributed by atoms with E-state index in [1.54, 1.807) is 43.5 Å². The Hall–Kier alpha value is -1.75. The van der Waals surface area contributed by atoms with Crippen LogP contribution in [0.25, 0.3) is 0 Å². The molecule has 2 aromatic rings. The van der Waals surface area contributed by atoms with Gasteiger partial charge in [0.1, 0.15) is 0 Å². The smallest absolute Gasteiger partial charge is 0.255 e. The van der Waals surface area contributed by atoms with Gasteiger partial charge in [0, 0.05) is 28.9 Å². The van der Waals surface area contributed by atoms with Crippen LogP contribution in [0.3, 0.4) is 0 Å². The van der Waals surface area contributed by atoms with Crippen LogP contribution in [0.15, 0.2) is 36.4 Å². The van der Waals surface area contributed by atoms with Gasteiger partial charge in [0.25, 0.3) is 5.91 Å². The number of halogens is 2. The van der Waals surface area contributed by atoms with Crippen molar-refractivity contribution in [2.24, 2.45) is 0 Å². The molecule has 2 aromatic carbocycles. The minimum Gasteiger partial charge on any atom is -0.398 e. The molecule has 110 valence electrons. The van der Waals surface area contributed by atoms with E-state index in [9.17, 15) is 4.79 Å². The summed E-state index contributed by atoms with van der Waals surface area (Å²) < 4.78 is 5.02. The highest BCUT2D eigenvalue weighted by molar-refractivity contribution is 6.35. The van der Waals surface area contributed by atoms with Crippen LogP contribution in [0, 0.1) is 0 Å². The molecule has 0 atom stereocenters. The van der Waals surface area contributed by atoms with Crippen LogP contribution >= 0.6 is 23.2 Å². The molecule has 4 nitrogen and oxygen atoms in total. The van der Waals surface area contributed by atoms with E-state index in [4.69, 9.17) is 33.7 Å². The van der Waals surface area contributed by atoms with Gasteiger partial charge < -0.3 is 15.8 Å². The second-order valence-corrected chi connectivity index (χ2v) is 5.27. The molecule has 2 rings (SSSR count). The Labute approximate surface area is 132 Å². The SMILES string of the molecule is COCc1ccc(C(=O)Nc2cc(Cl)ccc2Cl)cc1N. The molecule has 21 heavy (non-hydrogen) atoms. The van der Waals surface area contributed by atoms with Crippen LogP contribution in [-0.4, -0.2) is 13.0 Å². The highest BCUT2D eigenvalue weighted by Gasteiger charge is 2.11. The first-order chi connectivity index (χ1) is 10.0. The maximum absolute atomic E-state index is 12.2. The number of carbonyl (C=O) groups is 1. The number of hydrogen-bond donors (Lipinski definition) is 2. The molecule has 0 saturated carbocycles. The number of nitrogens with one attached hydrogen (secondary N) is 1. The lowest BCUT2D eigenvalue weighted by molar-refractivity contribution is 0.102. The number of carbonyl (C=O) groups excluding carboxylic acids is 1. The van der Waals surface area contributed by atoms with E-state index >= 15 is 0 Å². The zero-order chi connectivity index (χ0) is 15.4. The van der Waals surface area contributed by atoms with Crippen LogP contribution in [-0.2, 0) is 11.3 Å². The molecule has 1 amide bonds. The van der Waals surface area contributed by atoms with Gasteiger partial charge in [0.05, 0.1) is 17.3 Å². The summed E-state index contributed by atoms with van der Waals surface area (Å²) in [6, 6.07) is 9.89. The third-order valence-corrected chi connectivity index (χ3v) is 3.45.